The minimum Gasteiger partial charge on any atom is -0.336 e. The van der Waals surface area contributed by atoms with Crippen LogP contribution in [0.4, 0.5) is 11.5 Å². The van der Waals surface area contributed by atoms with Gasteiger partial charge in [-0.3, -0.25) is 4.68 Å². The van der Waals surface area contributed by atoms with Gasteiger partial charge < -0.3 is 5.32 Å². The van der Waals surface area contributed by atoms with Gasteiger partial charge in [0.25, 0.3) is 0 Å². The molecule has 0 unspecified atom stereocenters. The molecule has 3 aromatic heterocycles. The lowest BCUT2D eigenvalue weighted by Gasteiger charge is -2.04. The monoisotopic (exact) mass is 244 g/mol. The maximum Gasteiger partial charge on any atom is 0.200 e. The lowest BCUT2D eigenvalue weighted by atomic mass is 10.4. The average Bonchev–Trinajstić information content (AvgIpc) is 2.96. The lowest BCUT2D eigenvalue weighted by molar-refractivity contribution is 0.532. The molecule has 1 N–H and O–H groups in total. The number of hydrogen-bond donors (Lipinski definition) is 1. The van der Waals surface area contributed by atoms with Crippen LogP contribution in [0.15, 0.2) is 24.5 Å². The molecule has 0 bridgehead atoms. The third-order valence-corrected chi connectivity index (χ3v) is 2.47. The number of fused-ring (bicyclic) bond motifs is 1. The van der Waals surface area contributed by atoms with Crippen molar-refractivity contribution in [1.82, 2.24) is 35.0 Å². The van der Waals surface area contributed by atoms with E-state index in [1.807, 2.05) is 16.9 Å². The van der Waals surface area contributed by atoms with Crippen molar-refractivity contribution >= 4 is 17.2 Å². The van der Waals surface area contributed by atoms with Crippen molar-refractivity contribution in [3.8, 4) is 0 Å². The molecule has 0 radical (unpaired) electrons. The molecule has 0 spiro atoms. The van der Waals surface area contributed by atoms with Gasteiger partial charge in [-0.05, 0) is 36.4 Å². The summed E-state index contributed by atoms with van der Waals surface area (Å²) in [4.78, 5) is 0. The van der Waals surface area contributed by atoms with Crippen LogP contribution in [0.3, 0.4) is 0 Å². The largest absolute Gasteiger partial charge is 0.336 e. The normalized spacial score (nSPS) is 11.3. The Morgan fingerprint density at radius 1 is 1.28 bits per heavy atom. The standard InChI is InChI=1S/C10H12N8/c1-7(2)17-6-8(5-11-17)12-9-3-4-10-13-15-16-18(10)14-9/h3-7H,1-2H3,(H,12,14). The van der Waals surface area contributed by atoms with E-state index in [0.29, 0.717) is 17.5 Å². The molecule has 0 aromatic carbocycles. The van der Waals surface area contributed by atoms with E-state index in [0.717, 1.165) is 5.69 Å². The molecule has 3 aromatic rings. The quantitative estimate of drug-likeness (QED) is 0.740. The van der Waals surface area contributed by atoms with Crippen molar-refractivity contribution in [3.05, 3.63) is 24.5 Å². The van der Waals surface area contributed by atoms with Gasteiger partial charge in [-0.25, -0.2) is 0 Å². The van der Waals surface area contributed by atoms with Gasteiger partial charge in [0, 0.05) is 12.2 Å². The fourth-order valence-electron chi connectivity index (χ4n) is 1.55. The van der Waals surface area contributed by atoms with Crippen LogP contribution >= 0.6 is 0 Å². The van der Waals surface area contributed by atoms with E-state index < -0.39 is 0 Å². The Morgan fingerprint density at radius 3 is 2.94 bits per heavy atom. The van der Waals surface area contributed by atoms with Crippen molar-refractivity contribution in [2.24, 2.45) is 0 Å². The zero-order chi connectivity index (χ0) is 12.5. The first-order valence-electron chi connectivity index (χ1n) is 5.59. The van der Waals surface area contributed by atoms with Crippen LogP contribution in [-0.2, 0) is 0 Å². The van der Waals surface area contributed by atoms with Crippen molar-refractivity contribution in [2.75, 3.05) is 5.32 Å². The maximum atomic E-state index is 4.24. The molecule has 92 valence electrons. The predicted octanol–water partition coefficient (Wildman–Crippen LogP) is 1.04. The van der Waals surface area contributed by atoms with Crippen LogP contribution in [0.5, 0.6) is 0 Å². The van der Waals surface area contributed by atoms with Gasteiger partial charge >= 0.3 is 0 Å². The highest BCUT2D eigenvalue weighted by Gasteiger charge is 2.04. The topological polar surface area (TPSA) is 85.8 Å². The number of nitrogens with one attached hydrogen (secondary N) is 1. The number of hydrogen-bond acceptors (Lipinski definition) is 6. The smallest absolute Gasteiger partial charge is 0.200 e. The van der Waals surface area contributed by atoms with Gasteiger partial charge in [0.2, 0.25) is 0 Å². The van der Waals surface area contributed by atoms with Crippen LogP contribution in [0.25, 0.3) is 5.65 Å². The van der Waals surface area contributed by atoms with E-state index in [-0.39, 0.29) is 0 Å². The zero-order valence-corrected chi connectivity index (χ0v) is 10.0. The molecule has 0 saturated heterocycles. The summed E-state index contributed by atoms with van der Waals surface area (Å²) in [5.41, 5.74) is 1.49. The number of aromatic nitrogens is 7. The minimum absolute atomic E-state index is 0.329. The SMILES string of the molecule is CC(C)n1cc(Nc2ccc3nnnn3n2)cn1. The Bertz CT molecular complexity index is 667. The summed E-state index contributed by atoms with van der Waals surface area (Å²) in [5, 5.41) is 22.7. The van der Waals surface area contributed by atoms with Crippen molar-refractivity contribution in [2.45, 2.75) is 19.9 Å². The summed E-state index contributed by atoms with van der Waals surface area (Å²) < 4.78 is 3.24. The highest BCUT2D eigenvalue weighted by atomic mass is 15.6. The molecule has 0 atom stereocenters. The molecule has 0 aliphatic rings. The molecule has 8 heteroatoms. The van der Waals surface area contributed by atoms with Gasteiger partial charge in [-0.2, -0.15) is 5.10 Å². The molecule has 8 nitrogen and oxygen atoms in total. The Morgan fingerprint density at radius 2 is 2.17 bits per heavy atom. The minimum atomic E-state index is 0.329. The second kappa shape index (κ2) is 4.06. The van der Waals surface area contributed by atoms with E-state index in [1.165, 1.54) is 4.63 Å². The summed E-state index contributed by atoms with van der Waals surface area (Å²) >= 11 is 0. The second-order valence-electron chi connectivity index (χ2n) is 4.17. The number of nitrogens with zero attached hydrogens (tertiary/aromatic N) is 7. The molecule has 3 rings (SSSR count). The number of rotatable bonds is 3. The third-order valence-electron chi connectivity index (χ3n) is 2.47. The van der Waals surface area contributed by atoms with Gasteiger partial charge in [-0.15, -0.1) is 14.8 Å². The Hall–Kier alpha value is -2.51. The Balaban J connectivity index is 1.86. The maximum absolute atomic E-state index is 4.24. The molecule has 0 saturated carbocycles. The highest BCUT2D eigenvalue weighted by Crippen LogP contribution is 2.15. The number of anilines is 2. The molecule has 0 aliphatic heterocycles. The summed E-state index contributed by atoms with van der Waals surface area (Å²) in [5.74, 6) is 0.665. The summed E-state index contributed by atoms with van der Waals surface area (Å²) in [6, 6.07) is 3.94. The highest BCUT2D eigenvalue weighted by molar-refractivity contribution is 5.54. The Labute approximate surface area is 103 Å². The number of tetrazole rings is 1. The molecular formula is C10H12N8. The third kappa shape index (κ3) is 1.88. The van der Waals surface area contributed by atoms with Gasteiger partial charge in [0.1, 0.15) is 0 Å². The second-order valence-corrected chi connectivity index (χ2v) is 4.17. The van der Waals surface area contributed by atoms with Gasteiger partial charge in [0.15, 0.2) is 11.5 Å². The van der Waals surface area contributed by atoms with E-state index >= 15 is 0 Å². The van der Waals surface area contributed by atoms with Crippen LogP contribution in [0.2, 0.25) is 0 Å². The van der Waals surface area contributed by atoms with E-state index in [9.17, 15) is 0 Å². The van der Waals surface area contributed by atoms with E-state index in [4.69, 9.17) is 0 Å². The molecule has 3 heterocycles. The van der Waals surface area contributed by atoms with E-state index in [2.05, 4.69) is 44.9 Å². The van der Waals surface area contributed by atoms with Gasteiger partial charge in [-0.1, -0.05) is 0 Å². The fraction of sp³-hybridized carbons (Fsp3) is 0.300. The fourth-order valence-corrected chi connectivity index (χ4v) is 1.55. The van der Waals surface area contributed by atoms with Gasteiger partial charge in [0.05, 0.1) is 11.9 Å². The van der Waals surface area contributed by atoms with Crippen LogP contribution in [-0.4, -0.2) is 35.0 Å². The summed E-state index contributed by atoms with van der Waals surface area (Å²) in [6.45, 7) is 4.14. The molecule has 0 amide bonds. The summed E-state index contributed by atoms with van der Waals surface area (Å²) in [7, 11) is 0. The van der Waals surface area contributed by atoms with Crippen LogP contribution < -0.4 is 5.32 Å². The average molecular weight is 244 g/mol. The predicted molar refractivity (Wildman–Crippen MR) is 64.5 cm³/mol. The first-order valence-corrected chi connectivity index (χ1v) is 5.59. The molecule has 0 fully saturated rings. The Kier molecular flexibility index (Phi) is 2.40. The summed E-state index contributed by atoms with van der Waals surface area (Å²) in [6.07, 6.45) is 3.68. The molecular weight excluding hydrogens is 232 g/mol. The van der Waals surface area contributed by atoms with E-state index in [1.54, 1.807) is 12.3 Å². The van der Waals surface area contributed by atoms with Crippen molar-refractivity contribution in [1.29, 1.82) is 0 Å². The lowest BCUT2D eigenvalue weighted by Crippen LogP contribution is -2.01. The van der Waals surface area contributed by atoms with Crippen molar-refractivity contribution < 1.29 is 0 Å². The first kappa shape index (κ1) is 10.6. The first-order chi connectivity index (χ1) is 8.72. The molecule has 18 heavy (non-hydrogen) atoms. The molecule has 0 aliphatic carbocycles. The van der Waals surface area contributed by atoms with Crippen LogP contribution in [0.1, 0.15) is 19.9 Å². The van der Waals surface area contributed by atoms with Crippen LogP contribution in [0, 0.1) is 0 Å². The van der Waals surface area contributed by atoms with Crippen molar-refractivity contribution in [3.63, 3.8) is 0 Å². The zero-order valence-electron chi connectivity index (χ0n) is 10.0.